The van der Waals surface area contributed by atoms with Crippen LogP contribution in [0.15, 0.2) is 85.5 Å². The zero-order valence-corrected chi connectivity index (χ0v) is 25.8. The van der Waals surface area contributed by atoms with Gasteiger partial charge < -0.3 is 10.5 Å². The van der Waals surface area contributed by atoms with E-state index in [0.717, 1.165) is 12.5 Å². The molecule has 2 aromatic heterocycles. The van der Waals surface area contributed by atoms with E-state index in [1.54, 1.807) is 60.7 Å². The van der Waals surface area contributed by atoms with Crippen molar-refractivity contribution in [1.82, 2.24) is 19.9 Å². The predicted molar refractivity (Wildman–Crippen MR) is 164 cm³/mol. The summed E-state index contributed by atoms with van der Waals surface area (Å²) in [5.74, 6) is -1.06. The summed E-state index contributed by atoms with van der Waals surface area (Å²) in [6.45, 7) is -0.0108. The minimum Gasteiger partial charge on any atom is -0.463 e. The van der Waals surface area contributed by atoms with Gasteiger partial charge in [-0.25, -0.2) is 41.6 Å². The largest absolute Gasteiger partial charge is 0.463 e. The fraction of sp³-hybridized carbons (Fsp3) is 0.214. The van der Waals surface area contributed by atoms with Gasteiger partial charge in [0, 0.05) is 35.9 Å². The van der Waals surface area contributed by atoms with Gasteiger partial charge in [0.2, 0.25) is 31.7 Å². The lowest BCUT2D eigenvalue weighted by Gasteiger charge is -2.22. The molecule has 16 heteroatoms. The Hall–Kier alpha value is -4.80. The number of esters is 1. The lowest BCUT2D eigenvalue weighted by Crippen LogP contribution is -2.29. The van der Waals surface area contributed by atoms with Crippen LogP contribution in [0.5, 0.6) is 0 Å². The minimum atomic E-state index is -3.46. The van der Waals surface area contributed by atoms with E-state index in [1.807, 2.05) is 0 Å². The molecule has 0 unspecified atom stereocenters. The number of hydrogen-bond acceptors (Lipinski definition) is 12. The van der Waals surface area contributed by atoms with E-state index in [-0.39, 0.29) is 37.1 Å². The van der Waals surface area contributed by atoms with Gasteiger partial charge in [0.15, 0.2) is 5.82 Å². The van der Waals surface area contributed by atoms with Crippen molar-refractivity contribution in [1.29, 1.82) is 0 Å². The summed E-state index contributed by atoms with van der Waals surface area (Å²) >= 11 is 0. The van der Waals surface area contributed by atoms with E-state index in [0.29, 0.717) is 22.5 Å². The number of rotatable bonds is 11. The van der Waals surface area contributed by atoms with E-state index in [4.69, 9.17) is 5.73 Å². The third kappa shape index (κ3) is 9.62. The van der Waals surface area contributed by atoms with Gasteiger partial charge in [0.25, 0.3) is 0 Å². The SMILES string of the molecule is COC(=O)c1ncc(CN(c2ccccc2)S(C)(=O)=O)cn1.CS(=O)(=O)N(Cc1cnc(C(=O)CN)nc1)c1ccccc1. The van der Waals surface area contributed by atoms with Gasteiger partial charge in [-0.2, -0.15) is 0 Å². The number of Topliss-reactive ketones (excluding diaryl/α,β-unsaturated/α-hetero) is 1. The number of aromatic nitrogens is 4. The number of nitrogens with two attached hydrogens (primary N) is 1. The Morgan fingerprint density at radius 1 is 0.682 bits per heavy atom. The number of carbonyl (C=O) groups excluding carboxylic acids is 2. The maximum atomic E-state index is 12.0. The molecule has 0 fully saturated rings. The monoisotopic (exact) mass is 641 g/mol. The van der Waals surface area contributed by atoms with Gasteiger partial charge in [-0.05, 0) is 24.3 Å². The Bertz CT molecular complexity index is 1620. The molecule has 2 aromatic carbocycles. The number of methoxy groups -OCH3 is 1. The average molecular weight is 642 g/mol. The molecular formula is C28H31N7O7S2. The molecule has 44 heavy (non-hydrogen) atoms. The number of para-hydroxylation sites is 2. The summed E-state index contributed by atoms with van der Waals surface area (Å²) < 4.78 is 54.9. The van der Waals surface area contributed by atoms with Crippen LogP contribution in [0.4, 0.5) is 11.4 Å². The molecule has 0 bridgehead atoms. The molecule has 0 spiro atoms. The Balaban J connectivity index is 0.000000240. The highest BCUT2D eigenvalue weighted by Crippen LogP contribution is 2.20. The zero-order valence-electron chi connectivity index (χ0n) is 24.1. The predicted octanol–water partition coefficient (Wildman–Crippen LogP) is 1.81. The van der Waals surface area contributed by atoms with Gasteiger partial charge in [-0.3, -0.25) is 13.4 Å². The smallest absolute Gasteiger partial charge is 0.376 e. The number of carbonyl (C=O) groups is 2. The second-order valence-corrected chi connectivity index (χ2v) is 13.0. The van der Waals surface area contributed by atoms with Crippen LogP contribution >= 0.6 is 0 Å². The van der Waals surface area contributed by atoms with Gasteiger partial charge in [0.1, 0.15) is 0 Å². The van der Waals surface area contributed by atoms with Crippen LogP contribution in [0.2, 0.25) is 0 Å². The second kappa shape index (κ2) is 15.1. The first-order chi connectivity index (χ1) is 20.8. The average Bonchev–Trinajstić information content (AvgIpc) is 3.02. The van der Waals surface area contributed by atoms with Crippen molar-refractivity contribution >= 4 is 43.2 Å². The molecule has 0 radical (unpaired) electrons. The zero-order chi connectivity index (χ0) is 32.3. The summed E-state index contributed by atoms with van der Waals surface area (Å²) in [5, 5.41) is 0. The van der Waals surface area contributed by atoms with E-state index in [2.05, 4.69) is 24.7 Å². The molecule has 0 saturated carbocycles. The van der Waals surface area contributed by atoms with E-state index < -0.39 is 26.0 Å². The van der Waals surface area contributed by atoms with Gasteiger partial charge >= 0.3 is 5.97 Å². The maximum Gasteiger partial charge on any atom is 0.376 e. The number of ether oxygens (including phenoxy) is 1. The first-order valence-electron chi connectivity index (χ1n) is 12.8. The van der Waals surface area contributed by atoms with Crippen LogP contribution in [0.1, 0.15) is 32.4 Å². The van der Waals surface area contributed by atoms with Crippen molar-refractivity contribution in [3.8, 4) is 0 Å². The van der Waals surface area contributed by atoms with Crippen molar-refractivity contribution in [2.24, 2.45) is 5.73 Å². The third-order valence-electron chi connectivity index (χ3n) is 5.75. The number of anilines is 2. The number of sulfonamides is 2. The maximum absolute atomic E-state index is 12.0. The molecule has 232 valence electrons. The summed E-state index contributed by atoms with van der Waals surface area (Å²) in [6.07, 6.45) is 7.92. The lowest BCUT2D eigenvalue weighted by molar-refractivity contribution is 0.0586. The fourth-order valence-electron chi connectivity index (χ4n) is 3.63. The van der Waals surface area contributed by atoms with E-state index >= 15 is 0 Å². The van der Waals surface area contributed by atoms with Crippen molar-refractivity contribution in [2.75, 3.05) is 34.8 Å². The van der Waals surface area contributed by atoms with Crippen LogP contribution < -0.4 is 14.3 Å². The Labute approximate surface area is 255 Å². The molecule has 4 aromatic rings. The molecule has 0 atom stereocenters. The highest BCUT2D eigenvalue weighted by molar-refractivity contribution is 7.92. The number of ketones is 1. The van der Waals surface area contributed by atoms with Gasteiger partial charge in [-0.15, -0.1) is 0 Å². The summed E-state index contributed by atoms with van der Waals surface area (Å²) in [7, 11) is -5.68. The molecule has 0 amide bonds. The molecule has 0 saturated heterocycles. The van der Waals surface area contributed by atoms with Crippen LogP contribution in [0.3, 0.4) is 0 Å². The number of nitrogens with zero attached hydrogens (tertiary/aromatic N) is 6. The summed E-state index contributed by atoms with van der Waals surface area (Å²) in [6, 6.07) is 17.4. The standard InChI is InChI=1S/C14H16N4O3S.C14H15N3O4S/c1-22(20,21)18(12-5-3-2-4-6-12)10-11-8-16-14(17-9-11)13(19)7-15;1-21-14(18)13-15-8-11(9-16-13)10-17(22(2,19)20)12-6-4-3-5-7-12/h2-6,8-9H,7,10,15H2,1H3;3-9H,10H2,1-2H3. The van der Waals surface area contributed by atoms with Gasteiger partial charge in [0.05, 0.1) is 50.6 Å². The Kier molecular flexibility index (Phi) is 11.6. The third-order valence-corrected chi connectivity index (χ3v) is 8.04. The summed E-state index contributed by atoms with van der Waals surface area (Å²) in [4.78, 5) is 38.2. The van der Waals surface area contributed by atoms with Crippen LogP contribution in [0.25, 0.3) is 0 Å². The summed E-state index contributed by atoms with van der Waals surface area (Å²) in [5.41, 5.74) is 7.46. The van der Waals surface area contributed by atoms with Crippen LogP contribution in [0, 0.1) is 0 Å². The normalized spacial score (nSPS) is 11.1. The quantitative estimate of drug-likeness (QED) is 0.185. The molecule has 14 nitrogen and oxygen atoms in total. The highest BCUT2D eigenvalue weighted by Gasteiger charge is 2.20. The topological polar surface area (TPSA) is 196 Å². The van der Waals surface area contributed by atoms with E-state index in [1.165, 1.54) is 40.5 Å². The number of hydrogen-bond donors (Lipinski definition) is 1. The molecule has 2 N–H and O–H groups in total. The Morgan fingerprint density at radius 3 is 1.36 bits per heavy atom. The van der Waals surface area contributed by atoms with Crippen molar-refractivity contribution in [2.45, 2.75) is 13.1 Å². The molecule has 0 aliphatic carbocycles. The fourth-order valence-corrected chi connectivity index (χ4v) is 5.40. The van der Waals surface area contributed by atoms with Crippen LogP contribution in [-0.2, 0) is 37.9 Å². The van der Waals surface area contributed by atoms with Crippen molar-refractivity contribution < 1.29 is 31.2 Å². The molecule has 2 heterocycles. The lowest BCUT2D eigenvalue weighted by atomic mass is 10.3. The first-order valence-corrected chi connectivity index (χ1v) is 16.5. The molecule has 0 aliphatic rings. The highest BCUT2D eigenvalue weighted by atomic mass is 32.2. The molecule has 4 rings (SSSR count). The minimum absolute atomic E-state index is 0.0249. The second-order valence-electron chi connectivity index (χ2n) is 9.16. The van der Waals surface area contributed by atoms with Crippen molar-refractivity contribution in [3.63, 3.8) is 0 Å². The Morgan fingerprint density at radius 2 is 1.05 bits per heavy atom. The first kappa shape index (κ1) is 33.7. The number of benzene rings is 2. The van der Waals surface area contributed by atoms with E-state index in [9.17, 15) is 26.4 Å². The van der Waals surface area contributed by atoms with Gasteiger partial charge in [-0.1, -0.05) is 36.4 Å². The molecular weight excluding hydrogens is 610 g/mol. The van der Waals surface area contributed by atoms with Crippen molar-refractivity contribution in [3.05, 3.63) is 108 Å². The van der Waals surface area contributed by atoms with Crippen LogP contribution in [-0.4, -0.2) is 74.7 Å². The molecule has 0 aliphatic heterocycles.